The lowest BCUT2D eigenvalue weighted by atomic mass is 9.91. The van der Waals surface area contributed by atoms with Crippen LogP contribution in [0.15, 0.2) is 23.8 Å². The smallest absolute Gasteiger partial charge is 0.162 e. The average Bonchev–Trinajstić information content (AvgIpc) is 2.48. The summed E-state index contributed by atoms with van der Waals surface area (Å²) < 4.78 is 1.29. The molecule has 1 heterocycles. The summed E-state index contributed by atoms with van der Waals surface area (Å²) in [6.45, 7) is 6.17. The van der Waals surface area contributed by atoms with Crippen LogP contribution in [0.25, 0.3) is 0 Å². The number of allylic oxidation sites excluding steroid dienone is 4. The van der Waals surface area contributed by atoms with Crippen LogP contribution in [0, 0.1) is 5.92 Å². The lowest BCUT2D eigenvalue weighted by Crippen LogP contribution is -2.48. The van der Waals surface area contributed by atoms with Crippen molar-refractivity contribution in [3.63, 3.8) is 0 Å². The fourth-order valence-electron chi connectivity index (χ4n) is 3.66. The molecule has 1 fully saturated rings. The summed E-state index contributed by atoms with van der Waals surface area (Å²) in [7, 11) is 2.43. The van der Waals surface area contributed by atoms with Gasteiger partial charge in [-0.1, -0.05) is 19.1 Å². The Morgan fingerprint density at radius 2 is 1.90 bits per heavy atom. The van der Waals surface area contributed by atoms with Gasteiger partial charge in [-0.15, -0.1) is 0 Å². The van der Waals surface area contributed by atoms with Crippen LogP contribution >= 0.6 is 0 Å². The van der Waals surface area contributed by atoms with Crippen LogP contribution in [0.2, 0.25) is 0 Å². The molecule has 1 aliphatic carbocycles. The van der Waals surface area contributed by atoms with E-state index in [-0.39, 0.29) is 5.92 Å². The molecule has 1 unspecified atom stereocenters. The molecule has 0 N–H and O–H groups in total. The summed E-state index contributed by atoms with van der Waals surface area (Å²) in [6, 6.07) is 0. The Bertz CT molecular complexity index is 402. The zero-order valence-electron chi connectivity index (χ0n) is 13.9. The minimum atomic E-state index is 0.136. The summed E-state index contributed by atoms with van der Waals surface area (Å²) in [6.07, 6.45) is 16.3. The zero-order valence-corrected chi connectivity index (χ0v) is 13.9. The quantitative estimate of drug-likeness (QED) is 0.505. The van der Waals surface area contributed by atoms with Crippen LogP contribution in [-0.2, 0) is 4.79 Å². The van der Waals surface area contributed by atoms with E-state index >= 15 is 0 Å². The van der Waals surface area contributed by atoms with Crippen LogP contribution in [0.1, 0.15) is 58.3 Å². The third-order valence-corrected chi connectivity index (χ3v) is 5.23. The molecular formula is C19H32NO+. The Morgan fingerprint density at radius 1 is 1.14 bits per heavy atom. The fourth-order valence-corrected chi connectivity index (χ4v) is 3.66. The maximum absolute atomic E-state index is 11.8. The van der Waals surface area contributed by atoms with E-state index in [1.165, 1.54) is 68.2 Å². The lowest BCUT2D eigenvalue weighted by molar-refractivity contribution is -0.914. The molecule has 0 saturated carbocycles. The Morgan fingerprint density at radius 3 is 2.57 bits per heavy atom. The zero-order chi connectivity index (χ0) is 15.1. The Kier molecular flexibility index (Phi) is 6.22. The lowest BCUT2D eigenvalue weighted by Gasteiger charge is -2.37. The van der Waals surface area contributed by atoms with E-state index in [9.17, 15) is 4.79 Å². The van der Waals surface area contributed by atoms with Gasteiger partial charge in [0.05, 0.1) is 26.7 Å². The molecule has 0 aromatic heterocycles. The summed E-state index contributed by atoms with van der Waals surface area (Å²) in [5.74, 6) is 0.443. The van der Waals surface area contributed by atoms with Crippen molar-refractivity contribution >= 4 is 5.78 Å². The van der Waals surface area contributed by atoms with Crippen molar-refractivity contribution in [3.8, 4) is 0 Å². The molecule has 118 valence electrons. The van der Waals surface area contributed by atoms with Gasteiger partial charge in [0.1, 0.15) is 0 Å². The first-order valence-electron chi connectivity index (χ1n) is 8.89. The van der Waals surface area contributed by atoms with E-state index < -0.39 is 0 Å². The van der Waals surface area contributed by atoms with Gasteiger partial charge in [-0.3, -0.25) is 4.79 Å². The Hall–Kier alpha value is -0.890. The summed E-state index contributed by atoms with van der Waals surface area (Å²) in [4.78, 5) is 11.8. The van der Waals surface area contributed by atoms with Gasteiger partial charge in [0.25, 0.3) is 0 Å². The first kappa shape index (κ1) is 16.5. The van der Waals surface area contributed by atoms with Gasteiger partial charge >= 0.3 is 0 Å². The highest BCUT2D eigenvalue weighted by Gasteiger charge is 2.23. The van der Waals surface area contributed by atoms with E-state index in [1.54, 1.807) is 0 Å². The third-order valence-electron chi connectivity index (χ3n) is 5.23. The van der Waals surface area contributed by atoms with Gasteiger partial charge in [0.2, 0.25) is 0 Å². The number of ketones is 1. The maximum atomic E-state index is 11.8. The molecule has 1 aliphatic heterocycles. The van der Waals surface area contributed by atoms with Gasteiger partial charge in [0.15, 0.2) is 5.78 Å². The highest BCUT2D eigenvalue weighted by atomic mass is 16.1. The Balaban J connectivity index is 1.62. The van der Waals surface area contributed by atoms with Crippen molar-refractivity contribution in [2.24, 2.45) is 5.92 Å². The van der Waals surface area contributed by atoms with Crippen molar-refractivity contribution in [1.82, 2.24) is 0 Å². The van der Waals surface area contributed by atoms with Gasteiger partial charge < -0.3 is 4.48 Å². The molecule has 1 saturated heterocycles. The van der Waals surface area contributed by atoms with Crippen LogP contribution in [0.3, 0.4) is 0 Å². The van der Waals surface area contributed by atoms with Crippen molar-refractivity contribution < 1.29 is 9.28 Å². The predicted molar refractivity (Wildman–Crippen MR) is 89.1 cm³/mol. The third kappa shape index (κ3) is 5.10. The Labute approximate surface area is 130 Å². The summed E-state index contributed by atoms with van der Waals surface area (Å²) in [5.41, 5.74) is 1.24. The second kappa shape index (κ2) is 7.93. The molecule has 2 aliphatic rings. The van der Waals surface area contributed by atoms with Gasteiger partial charge in [-0.05, 0) is 63.0 Å². The highest BCUT2D eigenvalue weighted by molar-refractivity contribution is 5.95. The van der Waals surface area contributed by atoms with Crippen LogP contribution in [-0.4, -0.2) is 36.9 Å². The molecule has 1 atom stereocenters. The number of hydrogen-bond donors (Lipinski definition) is 0. The first-order chi connectivity index (χ1) is 10.1. The molecule has 2 heteroatoms. The largest absolute Gasteiger partial charge is 0.326 e. The average molecular weight is 290 g/mol. The first-order valence-corrected chi connectivity index (χ1v) is 8.89. The van der Waals surface area contributed by atoms with E-state index in [4.69, 9.17) is 0 Å². The van der Waals surface area contributed by atoms with Crippen molar-refractivity contribution in [3.05, 3.63) is 23.8 Å². The molecule has 0 spiro atoms. The maximum Gasteiger partial charge on any atom is 0.162 e. The summed E-state index contributed by atoms with van der Waals surface area (Å²) >= 11 is 0. The minimum Gasteiger partial charge on any atom is -0.326 e. The molecule has 2 rings (SSSR count). The standard InChI is InChI=1S/C19H32NO/c1-3-18-12-11-17(16-19(18)21)10-6-4-7-13-20(2)14-8-5-9-15-20/h11-12,16,18H,3-10,13-15H2,1-2H3/q+1. The molecule has 0 bridgehead atoms. The van der Waals surface area contributed by atoms with E-state index in [2.05, 4.69) is 26.1 Å². The molecule has 0 amide bonds. The number of carbonyl (C=O) groups excluding carboxylic acids is 1. The number of hydrogen-bond acceptors (Lipinski definition) is 1. The number of nitrogens with zero attached hydrogens (tertiary/aromatic N) is 1. The number of quaternary nitrogens is 1. The number of carbonyl (C=O) groups is 1. The van der Waals surface area contributed by atoms with Crippen LogP contribution in [0.4, 0.5) is 0 Å². The molecular weight excluding hydrogens is 258 g/mol. The molecule has 0 radical (unpaired) electrons. The topological polar surface area (TPSA) is 17.1 Å². The monoisotopic (exact) mass is 290 g/mol. The van der Waals surface area contributed by atoms with Crippen LogP contribution in [0.5, 0.6) is 0 Å². The van der Waals surface area contributed by atoms with Crippen molar-refractivity contribution in [2.45, 2.75) is 58.3 Å². The highest BCUT2D eigenvalue weighted by Crippen LogP contribution is 2.21. The molecule has 2 nitrogen and oxygen atoms in total. The van der Waals surface area contributed by atoms with Crippen molar-refractivity contribution in [2.75, 3.05) is 26.7 Å². The van der Waals surface area contributed by atoms with Gasteiger partial charge in [-0.25, -0.2) is 0 Å². The number of likely N-dealkylation sites (tertiary alicyclic amines) is 1. The SMILES string of the molecule is CCC1C=CC(CCCCC[N+]2(C)CCCCC2)=CC1=O. The molecule has 21 heavy (non-hydrogen) atoms. The van der Waals surface area contributed by atoms with Crippen LogP contribution < -0.4 is 0 Å². The second-order valence-electron chi connectivity index (χ2n) is 7.16. The van der Waals surface area contributed by atoms with E-state index in [0.717, 1.165) is 12.8 Å². The number of rotatable bonds is 7. The van der Waals surface area contributed by atoms with Crippen molar-refractivity contribution in [1.29, 1.82) is 0 Å². The predicted octanol–water partition coefficient (Wildman–Crippen LogP) is 4.27. The minimum absolute atomic E-state index is 0.136. The molecule has 0 aromatic rings. The van der Waals surface area contributed by atoms with E-state index in [0.29, 0.717) is 5.78 Å². The second-order valence-corrected chi connectivity index (χ2v) is 7.16. The summed E-state index contributed by atoms with van der Waals surface area (Å²) in [5, 5.41) is 0. The number of piperidine rings is 1. The fraction of sp³-hybridized carbons (Fsp3) is 0.737. The molecule has 0 aromatic carbocycles. The normalized spacial score (nSPS) is 25.0. The van der Waals surface area contributed by atoms with Gasteiger partial charge in [-0.2, -0.15) is 0 Å². The number of unbranched alkanes of at least 4 members (excludes halogenated alkanes) is 2. The van der Waals surface area contributed by atoms with E-state index in [1.807, 2.05) is 6.08 Å². The van der Waals surface area contributed by atoms with Gasteiger partial charge in [0, 0.05) is 5.92 Å².